The summed E-state index contributed by atoms with van der Waals surface area (Å²) >= 11 is 4.51. The minimum absolute atomic E-state index is 0.0112. The number of carbonyl (C=O) groups is 1. The summed E-state index contributed by atoms with van der Waals surface area (Å²) in [7, 11) is 0. The first kappa shape index (κ1) is 14.1. The van der Waals surface area contributed by atoms with Crippen LogP contribution in [0.2, 0.25) is 0 Å². The SMILES string of the molecule is CCOCCC(S)c1ccccc1OC(C)=O. The number of thiol groups is 1. The summed E-state index contributed by atoms with van der Waals surface area (Å²) in [5.74, 6) is 0.263. The van der Waals surface area contributed by atoms with Gasteiger partial charge in [-0.15, -0.1) is 0 Å². The van der Waals surface area contributed by atoms with Gasteiger partial charge in [-0.3, -0.25) is 4.79 Å². The third kappa shape index (κ3) is 4.79. The van der Waals surface area contributed by atoms with Crippen LogP contribution in [0.1, 0.15) is 31.1 Å². The third-order valence-corrected chi connectivity index (χ3v) is 2.81. The van der Waals surface area contributed by atoms with Gasteiger partial charge in [0.05, 0.1) is 0 Å². The maximum Gasteiger partial charge on any atom is 0.308 e. The highest BCUT2D eigenvalue weighted by Gasteiger charge is 2.13. The molecule has 1 unspecified atom stereocenters. The Morgan fingerprint density at radius 2 is 2.12 bits per heavy atom. The summed E-state index contributed by atoms with van der Waals surface area (Å²) in [5.41, 5.74) is 0.922. The highest BCUT2D eigenvalue weighted by molar-refractivity contribution is 7.80. The zero-order valence-electron chi connectivity index (χ0n) is 10.2. The van der Waals surface area contributed by atoms with Gasteiger partial charge in [-0.05, 0) is 19.4 Å². The molecule has 0 saturated heterocycles. The summed E-state index contributed by atoms with van der Waals surface area (Å²) < 4.78 is 10.4. The normalized spacial score (nSPS) is 12.2. The van der Waals surface area contributed by atoms with Crippen LogP contribution >= 0.6 is 12.6 Å². The van der Waals surface area contributed by atoms with Gasteiger partial charge in [0.25, 0.3) is 0 Å². The molecule has 0 N–H and O–H groups in total. The van der Waals surface area contributed by atoms with E-state index >= 15 is 0 Å². The third-order valence-electron chi connectivity index (χ3n) is 2.27. The molecule has 17 heavy (non-hydrogen) atoms. The highest BCUT2D eigenvalue weighted by Crippen LogP contribution is 2.31. The number of esters is 1. The molecule has 1 aromatic rings. The molecule has 0 spiro atoms. The van der Waals surface area contributed by atoms with Gasteiger partial charge < -0.3 is 9.47 Å². The summed E-state index contributed by atoms with van der Waals surface area (Å²) in [4.78, 5) is 11.0. The van der Waals surface area contributed by atoms with Crippen LogP contribution in [0.25, 0.3) is 0 Å². The lowest BCUT2D eigenvalue weighted by atomic mass is 10.1. The molecule has 1 aromatic carbocycles. The number of carbonyl (C=O) groups excluding carboxylic acids is 1. The number of hydrogen-bond acceptors (Lipinski definition) is 4. The van der Waals surface area contributed by atoms with Crippen molar-refractivity contribution in [2.24, 2.45) is 0 Å². The first-order chi connectivity index (χ1) is 8.15. The standard InChI is InChI=1S/C13H18O3S/c1-3-15-9-8-13(17)11-6-4-5-7-12(11)16-10(2)14/h4-7,13,17H,3,8-9H2,1-2H3. The van der Waals surface area contributed by atoms with Crippen molar-refractivity contribution < 1.29 is 14.3 Å². The molecule has 0 aliphatic heterocycles. The Labute approximate surface area is 108 Å². The monoisotopic (exact) mass is 254 g/mol. The number of para-hydroxylation sites is 1. The Kier molecular flexibility index (Phi) is 6.08. The molecule has 0 radical (unpaired) electrons. The van der Waals surface area contributed by atoms with Crippen LogP contribution in [0.5, 0.6) is 5.75 Å². The van der Waals surface area contributed by atoms with Crippen molar-refractivity contribution in [3.05, 3.63) is 29.8 Å². The van der Waals surface area contributed by atoms with Crippen LogP contribution in [-0.2, 0) is 9.53 Å². The molecule has 0 amide bonds. The van der Waals surface area contributed by atoms with E-state index in [9.17, 15) is 4.79 Å². The Bertz CT molecular complexity index is 365. The Morgan fingerprint density at radius 1 is 1.41 bits per heavy atom. The molecule has 94 valence electrons. The average molecular weight is 254 g/mol. The predicted molar refractivity (Wildman–Crippen MR) is 70.6 cm³/mol. The molecule has 1 rings (SSSR count). The number of hydrogen-bond donors (Lipinski definition) is 1. The molecule has 1 atom stereocenters. The van der Waals surface area contributed by atoms with Gasteiger partial charge in [0, 0.05) is 31.0 Å². The second-order valence-electron chi connectivity index (χ2n) is 3.63. The van der Waals surface area contributed by atoms with E-state index in [1.165, 1.54) is 6.92 Å². The van der Waals surface area contributed by atoms with Gasteiger partial charge in [-0.25, -0.2) is 0 Å². The molecule has 4 heteroatoms. The van der Waals surface area contributed by atoms with Crippen LogP contribution in [-0.4, -0.2) is 19.2 Å². The molecular formula is C13H18O3S. The minimum atomic E-state index is -0.317. The molecule has 0 heterocycles. The number of ether oxygens (including phenoxy) is 2. The number of benzene rings is 1. The summed E-state index contributed by atoms with van der Waals surface area (Å²) in [5, 5.41) is 0.0112. The lowest BCUT2D eigenvalue weighted by molar-refractivity contribution is -0.131. The van der Waals surface area contributed by atoms with Crippen molar-refractivity contribution in [2.75, 3.05) is 13.2 Å². The molecule has 0 aromatic heterocycles. The summed E-state index contributed by atoms with van der Waals surface area (Å²) in [6.45, 7) is 4.70. The second-order valence-corrected chi connectivity index (χ2v) is 4.26. The minimum Gasteiger partial charge on any atom is -0.426 e. The van der Waals surface area contributed by atoms with E-state index in [4.69, 9.17) is 9.47 Å². The van der Waals surface area contributed by atoms with Crippen molar-refractivity contribution in [1.82, 2.24) is 0 Å². The molecule has 0 saturated carbocycles. The van der Waals surface area contributed by atoms with E-state index in [1.54, 1.807) is 6.07 Å². The van der Waals surface area contributed by atoms with Crippen LogP contribution in [0.15, 0.2) is 24.3 Å². The molecule has 3 nitrogen and oxygen atoms in total. The van der Waals surface area contributed by atoms with Gasteiger partial charge in [0.2, 0.25) is 0 Å². The van der Waals surface area contributed by atoms with Gasteiger partial charge in [0.1, 0.15) is 5.75 Å². The fourth-order valence-corrected chi connectivity index (χ4v) is 1.82. The first-order valence-corrected chi connectivity index (χ1v) is 6.20. The van der Waals surface area contributed by atoms with E-state index < -0.39 is 0 Å². The largest absolute Gasteiger partial charge is 0.426 e. The fraction of sp³-hybridized carbons (Fsp3) is 0.462. The smallest absolute Gasteiger partial charge is 0.308 e. The van der Waals surface area contributed by atoms with E-state index in [0.29, 0.717) is 19.0 Å². The van der Waals surface area contributed by atoms with Crippen LogP contribution in [0.4, 0.5) is 0 Å². The van der Waals surface area contributed by atoms with Gasteiger partial charge in [0.15, 0.2) is 0 Å². The van der Waals surface area contributed by atoms with E-state index in [1.807, 2.05) is 25.1 Å². The molecule has 0 fully saturated rings. The van der Waals surface area contributed by atoms with E-state index in [-0.39, 0.29) is 11.2 Å². The van der Waals surface area contributed by atoms with Crippen molar-refractivity contribution in [3.8, 4) is 5.75 Å². The fourth-order valence-electron chi connectivity index (χ4n) is 1.50. The zero-order valence-corrected chi connectivity index (χ0v) is 11.1. The van der Waals surface area contributed by atoms with Crippen molar-refractivity contribution in [3.63, 3.8) is 0 Å². The maximum atomic E-state index is 11.0. The van der Waals surface area contributed by atoms with Gasteiger partial charge in [-0.2, -0.15) is 12.6 Å². The first-order valence-electron chi connectivity index (χ1n) is 5.68. The molecule has 0 bridgehead atoms. The van der Waals surface area contributed by atoms with E-state index in [0.717, 1.165) is 12.0 Å². The van der Waals surface area contributed by atoms with Gasteiger partial charge in [-0.1, -0.05) is 18.2 Å². The topological polar surface area (TPSA) is 35.5 Å². The molecule has 0 aliphatic carbocycles. The molecular weight excluding hydrogens is 236 g/mol. The summed E-state index contributed by atoms with van der Waals surface area (Å²) in [6, 6.07) is 7.44. The zero-order chi connectivity index (χ0) is 12.7. The van der Waals surface area contributed by atoms with Gasteiger partial charge >= 0.3 is 5.97 Å². The highest BCUT2D eigenvalue weighted by atomic mass is 32.1. The lowest BCUT2D eigenvalue weighted by Gasteiger charge is -2.14. The Hall–Kier alpha value is -1.00. The van der Waals surface area contributed by atoms with Crippen molar-refractivity contribution >= 4 is 18.6 Å². The summed E-state index contributed by atoms with van der Waals surface area (Å²) in [6.07, 6.45) is 0.787. The quantitative estimate of drug-likeness (QED) is 0.367. The average Bonchev–Trinajstić information content (AvgIpc) is 2.29. The van der Waals surface area contributed by atoms with Crippen molar-refractivity contribution in [2.45, 2.75) is 25.5 Å². The van der Waals surface area contributed by atoms with Crippen molar-refractivity contribution in [1.29, 1.82) is 0 Å². The van der Waals surface area contributed by atoms with Crippen LogP contribution in [0, 0.1) is 0 Å². The molecule has 0 aliphatic rings. The van der Waals surface area contributed by atoms with E-state index in [2.05, 4.69) is 12.6 Å². The second kappa shape index (κ2) is 7.35. The Morgan fingerprint density at radius 3 is 2.76 bits per heavy atom. The van der Waals surface area contributed by atoms with Crippen LogP contribution < -0.4 is 4.74 Å². The number of rotatable bonds is 6. The maximum absolute atomic E-state index is 11.0. The Balaban J connectivity index is 2.70. The lowest BCUT2D eigenvalue weighted by Crippen LogP contribution is -2.06. The predicted octanol–water partition coefficient (Wildman–Crippen LogP) is 3.01. The van der Waals surface area contributed by atoms with Crippen LogP contribution in [0.3, 0.4) is 0 Å².